The van der Waals surface area contributed by atoms with Crippen molar-refractivity contribution in [1.82, 2.24) is 0 Å². The number of rotatable bonds is 2. The molecule has 2 aromatic rings. The molecule has 102 valence electrons. The number of thioether (sulfide) groups is 1. The van der Waals surface area contributed by atoms with Crippen LogP contribution in [0.5, 0.6) is 5.75 Å². The lowest BCUT2D eigenvalue weighted by Gasteiger charge is -2.34. The molecule has 3 rings (SSSR count). The maximum atomic E-state index is 9.91. The molecule has 5 nitrogen and oxygen atoms in total. The molecule has 1 aromatic heterocycles. The Bertz CT molecular complexity index is 569. The zero-order chi connectivity index (χ0) is 13.4. The van der Waals surface area contributed by atoms with Crippen LogP contribution in [-0.4, -0.2) is 44.8 Å². The van der Waals surface area contributed by atoms with Crippen LogP contribution in [0.15, 0.2) is 34.9 Å². The van der Waals surface area contributed by atoms with Gasteiger partial charge in [-0.1, -0.05) is 12.1 Å². The van der Waals surface area contributed by atoms with Crippen LogP contribution in [0, 0.1) is 0 Å². The summed E-state index contributed by atoms with van der Waals surface area (Å²) in [6.45, 7) is 0. The van der Waals surface area contributed by atoms with Gasteiger partial charge in [0.1, 0.15) is 12.2 Å². The maximum Gasteiger partial charge on any atom is 0.175 e. The molecule has 2 heterocycles. The van der Waals surface area contributed by atoms with E-state index in [4.69, 9.17) is 9.15 Å². The standard InChI is InChI=1S/C13H14O5S/c14-8-6-19-13(11(16)10(8)15)18-9-3-1-2-7-4-5-17-12(7)9/h1-5,8,10-11,13-16H,6H2/t8-,10+,11-,13-/m1/s1. The molecular weight excluding hydrogens is 268 g/mol. The van der Waals surface area contributed by atoms with Crippen LogP contribution in [-0.2, 0) is 0 Å². The number of para-hydroxylation sites is 1. The van der Waals surface area contributed by atoms with Crippen molar-refractivity contribution >= 4 is 22.7 Å². The van der Waals surface area contributed by atoms with E-state index in [1.165, 1.54) is 11.8 Å². The molecule has 0 bridgehead atoms. The molecule has 6 heteroatoms. The lowest BCUT2D eigenvalue weighted by atomic mass is 10.1. The smallest absolute Gasteiger partial charge is 0.175 e. The highest BCUT2D eigenvalue weighted by Crippen LogP contribution is 2.33. The van der Waals surface area contributed by atoms with E-state index in [0.29, 0.717) is 17.1 Å². The summed E-state index contributed by atoms with van der Waals surface area (Å²) in [6.07, 6.45) is -1.69. The molecule has 0 spiro atoms. The second kappa shape index (κ2) is 5.05. The zero-order valence-electron chi connectivity index (χ0n) is 9.97. The minimum atomic E-state index is -1.19. The first-order valence-corrected chi connectivity index (χ1v) is 7.00. The number of benzene rings is 1. The normalized spacial score (nSPS) is 31.5. The fourth-order valence-corrected chi connectivity index (χ4v) is 3.18. The minimum absolute atomic E-state index is 0.316. The van der Waals surface area contributed by atoms with Gasteiger partial charge in [0.25, 0.3) is 0 Å². The van der Waals surface area contributed by atoms with Crippen LogP contribution >= 0.6 is 11.8 Å². The third-order valence-electron chi connectivity index (χ3n) is 3.14. The largest absolute Gasteiger partial charge is 0.473 e. The van der Waals surface area contributed by atoms with Gasteiger partial charge >= 0.3 is 0 Å². The van der Waals surface area contributed by atoms with E-state index in [1.54, 1.807) is 12.3 Å². The molecule has 1 aliphatic rings. The van der Waals surface area contributed by atoms with Crippen molar-refractivity contribution in [3.05, 3.63) is 30.5 Å². The Balaban J connectivity index is 1.83. The van der Waals surface area contributed by atoms with Crippen molar-refractivity contribution in [2.75, 3.05) is 5.75 Å². The van der Waals surface area contributed by atoms with Crippen LogP contribution in [0.3, 0.4) is 0 Å². The van der Waals surface area contributed by atoms with E-state index in [-0.39, 0.29) is 0 Å². The first-order chi connectivity index (χ1) is 9.16. The fraction of sp³-hybridized carbons (Fsp3) is 0.385. The Hall–Kier alpha value is -1.21. The molecule has 1 saturated heterocycles. The van der Waals surface area contributed by atoms with Gasteiger partial charge in [-0.3, -0.25) is 0 Å². The van der Waals surface area contributed by atoms with Crippen molar-refractivity contribution < 1.29 is 24.5 Å². The SMILES string of the molecule is O[C@@H]1[C@@H](O)[C@H](Oc2cccc3ccoc23)SC[C@H]1O. The molecule has 1 fully saturated rings. The molecule has 0 radical (unpaired) electrons. The Labute approximate surface area is 113 Å². The number of fused-ring (bicyclic) bond motifs is 1. The van der Waals surface area contributed by atoms with E-state index in [0.717, 1.165) is 5.39 Å². The van der Waals surface area contributed by atoms with E-state index in [1.807, 2.05) is 18.2 Å². The van der Waals surface area contributed by atoms with Crippen molar-refractivity contribution in [1.29, 1.82) is 0 Å². The van der Waals surface area contributed by atoms with Gasteiger partial charge in [0, 0.05) is 11.1 Å². The molecule has 19 heavy (non-hydrogen) atoms. The molecule has 0 unspecified atom stereocenters. The van der Waals surface area contributed by atoms with Gasteiger partial charge in [0.2, 0.25) is 0 Å². The Morgan fingerprint density at radius 3 is 2.84 bits per heavy atom. The lowest BCUT2D eigenvalue weighted by molar-refractivity contribution is -0.0785. The predicted octanol–water partition coefficient (Wildman–Crippen LogP) is 0.967. The van der Waals surface area contributed by atoms with Crippen molar-refractivity contribution in [2.45, 2.75) is 23.7 Å². The third-order valence-corrected chi connectivity index (χ3v) is 4.38. The number of hydrogen-bond acceptors (Lipinski definition) is 6. The fourth-order valence-electron chi connectivity index (χ4n) is 2.07. The Kier molecular flexibility index (Phi) is 3.40. The van der Waals surface area contributed by atoms with Crippen molar-refractivity contribution in [3.8, 4) is 5.75 Å². The van der Waals surface area contributed by atoms with E-state index in [2.05, 4.69) is 0 Å². The van der Waals surface area contributed by atoms with E-state index in [9.17, 15) is 15.3 Å². The second-order valence-electron chi connectivity index (χ2n) is 4.46. The van der Waals surface area contributed by atoms with Crippen LogP contribution in [0.25, 0.3) is 11.0 Å². The highest BCUT2D eigenvalue weighted by Gasteiger charge is 2.38. The zero-order valence-corrected chi connectivity index (χ0v) is 10.8. The second-order valence-corrected chi connectivity index (χ2v) is 5.59. The molecule has 0 saturated carbocycles. The average molecular weight is 282 g/mol. The monoisotopic (exact) mass is 282 g/mol. The van der Waals surface area contributed by atoms with Gasteiger partial charge < -0.3 is 24.5 Å². The third kappa shape index (κ3) is 2.32. The molecular formula is C13H14O5S. The van der Waals surface area contributed by atoms with Gasteiger partial charge in [-0.15, -0.1) is 11.8 Å². The Morgan fingerprint density at radius 2 is 2.00 bits per heavy atom. The van der Waals surface area contributed by atoms with Crippen LogP contribution < -0.4 is 4.74 Å². The molecule has 4 atom stereocenters. The molecule has 1 aliphatic heterocycles. The van der Waals surface area contributed by atoms with Gasteiger partial charge in [0.15, 0.2) is 16.8 Å². The highest BCUT2D eigenvalue weighted by atomic mass is 32.2. The summed E-state index contributed by atoms with van der Waals surface area (Å²) in [6, 6.07) is 7.30. The average Bonchev–Trinajstić information content (AvgIpc) is 2.89. The summed E-state index contributed by atoms with van der Waals surface area (Å²) in [5, 5.41) is 29.9. The first kappa shape index (κ1) is 12.8. The predicted molar refractivity (Wildman–Crippen MR) is 71.1 cm³/mol. The first-order valence-electron chi connectivity index (χ1n) is 5.95. The molecule has 0 amide bonds. The summed E-state index contributed by atoms with van der Waals surface area (Å²) >= 11 is 1.27. The van der Waals surface area contributed by atoms with Gasteiger partial charge in [-0.05, 0) is 12.1 Å². The summed E-state index contributed by atoms with van der Waals surface area (Å²) in [4.78, 5) is 0. The van der Waals surface area contributed by atoms with E-state index < -0.39 is 23.7 Å². The number of aliphatic hydroxyl groups excluding tert-OH is 3. The topological polar surface area (TPSA) is 83.1 Å². The summed E-state index contributed by atoms with van der Waals surface area (Å²) in [5.41, 5.74) is -0.0231. The van der Waals surface area contributed by atoms with Crippen LogP contribution in [0.1, 0.15) is 0 Å². The molecule has 3 N–H and O–H groups in total. The number of aliphatic hydroxyl groups is 3. The Morgan fingerprint density at radius 1 is 1.16 bits per heavy atom. The molecule has 1 aromatic carbocycles. The van der Waals surface area contributed by atoms with E-state index >= 15 is 0 Å². The maximum absolute atomic E-state index is 9.91. The highest BCUT2D eigenvalue weighted by molar-refractivity contribution is 7.99. The van der Waals surface area contributed by atoms with Gasteiger partial charge in [-0.2, -0.15) is 0 Å². The van der Waals surface area contributed by atoms with Gasteiger partial charge in [-0.25, -0.2) is 0 Å². The van der Waals surface area contributed by atoms with Crippen molar-refractivity contribution in [3.63, 3.8) is 0 Å². The summed E-state index contributed by atoms with van der Waals surface area (Å²) in [5.74, 6) is 0.833. The quantitative estimate of drug-likeness (QED) is 0.761. The summed E-state index contributed by atoms with van der Waals surface area (Å²) in [7, 11) is 0. The lowest BCUT2D eigenvalue weighted by Crippen LogP contribution is -2.50. The van der Waals surface area contributed by atoms with Crippen molar-refractivity contribution in [2.24, 2.45) is 0 Å². The number of furan rings is 1. The minimum Gasteiger partial charge on any atom is -0.473 e. The number of ether oxygens (including phenoxy) is 1. The number of hydrogen-bond donors (Lipinski definition) is 3. The van der Waals surface area contributed by atoms with Crippen LogP contribution in [0.4, 0.5) is 0 Å². The molecule has 0 aliphatic carbocycles. The van der Waals surface area contributed by atoms with Crippen LogP contribution in [0.2, 0.25) is 0 Å². The summed E-state index contributed by atoms with van der Waals surface area (Å²) < 4.78 is 11.1. The van der Waals surface area contributed by atoms with Gasteiger partial charge in [0.05, 0.1) is 12.4 Å².